The van der Waals surface area contributed by atoms with Crippen molar-refractivity contribution in [2.45, 2.75) is 37.8 Å². The van der Waals surface area contributed by atoms with Crippen LogP contribution in [0.3, 0.4) is 0 Å². The third-order valence-electron chi connectivity index (χ3n) is 3.22. The Bertz CT molecular complexity index is 315. The fourth-order valence-electron chi connectivity index (χ4n) is 2.24. The molecule has 1 saturated carbocycles. The lowest BCUT2D eigenvalue weighted by atomic mass is 10.2. The lowest BCUT2D eigenvalue weighted by Crippen LogP contribution is -2.36. The van der Waals surface area contributed by atoms with Gasteiger partial charge in [-0.2, -0.15) is 0 Å². The van der Waals surface area contributed by atoms with E-state index in [0.29, 0.717) is 6.04 Å². The fraction of sp³-hybridized carbons (Fsp3) is 0.571. The number of aliphatic hydroxyl groups excluding tert-OH is 1. The zero-order chi connectivity index (χ0) is 11.9. The van der Waals surface area contributed by atoms with Crippen LogP contribution in [0.25, 0.3) is 0 Å². The van der Waals surface area contributed by atoms with Crippen molar-refractivity contribution in [3.63, 3.8) is 0 Å². The minimum Gasteiger partial charge on any atom is -0.494 e. The molecule has 2 N–H and O–H groups in total. The highest BCUT2D eigenvalue weighted by Crippen LogP contribution is 2.18. The van der Waals surface area contributed by atoms with Crippen molar-refractivity contribution in [3.8, 4) is 5.75 Å². The van der Waals surface area contributed by atoms with Gasteiger partial charge in [-0.1, -0.05) is 18.2 Å². The van der Waals surface area contributed by atoms with Gasteiger partial charge in [-0.15, -0.1) is 0 Å². The van der Waals surface area contributed by atoms with Crippen molar-refractivity contribution in [1.82, 2.24) is 5.32 Å². The van der Waals surface area contributed by atoms with Crippen molar-refractivity contribution in [2.24, 2.45) is 0 Å². The van der Waals surface area contributed by atoms with Crippen molar-refractivity contribution >= 4 is 0 Å². The Balaban J connectivity index is 1.55. The van der Waals surface area contributed by atoms with E-state index in [1.54, 1.807) is 0 Å². The zero-order valence-corrected chi connectivity index (χ0v) is 10.1. The highest BCUT2D eigenvalue weighted by Gasteiger charge is 2.23. The van der Waals surface area contributed by atoms with E-state index in [4.69, 9.17) is 4.74 Å². The number of aliphatic hydroxyl groups is 1. The molecule has 2 atom stereocenters. The third kappa shape index (κ3) is 4.02. The Morgan fingerprint density at radius 2 is 2.06 bits per heavy atom. The second-order valence-electron chi connectivity index (χ2n) is 4.57. The number of hydrogen-bond donors (Lipinski definition) is 2. The summed E-state index contributed by atoms with van der Waals surface area (Å²) in [5.74, 6) is 0.924. The predicted octanol–water partition coefficient (Wildman–Crippen LogP) is 1.96. The van der Waals surface area contributed by atoms with Crippen LogP contribution >= 0.6 is 0 Å². The first-order chi connectivity index (χ1) is 8.36. The Labute approximate surface area is 103 Å². The van der Waals surface area contributed by atoms with Crippen LogP contribution in [0.5, 0.6) is 5.75 Å². The topological polar surface area (TPSA) is 41.5 Å². The maximum Gasteiger partial charge on any atom is 0.119 e. The SMILES string of the molecule is OC1CCCC1NCCCOc1ccccc1. The minimum atomic E-state index is -0.148. The molecule has 2 unspecified atom stereocenters. The quantitative estimate of drug-likeness (QED) is 0.741. The normalized spacial score (nSPS) is 23.8. The summed E-state index contributed by atoms with van der Waals surface area (Å²) in [7, 11) is 0. The second-order valence-corrected chi connectivity index (χ2v) is 4.57. The van der Waals surface area contributed by atoms with Crippen LogP contribution in [0, 0.1) is 0 Å². The van der Waals surface area contributed by atoms with Crippen molar-refractivity contribution in [2.75, 3.05) is 13.2 Å². The lowest BCUT2D eigenvalue weighted by Gasteiger charge is -2.16. The summed E-state index contributed by atoms with van der Waals surface area (Å²) < 4.78 is 5.60. The van der Waals surface area contributed by atoms with Gasteiger partial charge >= 0.3 is 0 Å². The smallest absolute Gasteiger partial charge is 0.119 e. The van der Waals surface area contributed by atoms with Crippen LogP contribution in [-0.4, -0.2) is 30.4 Å². The molecule has 1 aromatic rings. The Morgan fingerprint density at radius 1 is 1.24 bits per heavy atom. The summed E-state index contributed by atoms with van der Waals surface area (Å²) in [6, 6.07) is 10.2. The number of rotatable bonds is 6. The molecule has 0 amide bonds. The Morgan fingerprint density at radius 3 is 2.76 bits per heavy atom. The van der Waals surface area contributed by atoms with Crippen LogP contribution < -0.4 is 10.1 Å². The lowest BCUT2D eigenvalue weighted by molar-refractivity contribution is 0.148. The molecule has 3 heteroatoms. The van der Waals surface area contributed by atoms with Crippen LogP contribution in [0.2, 0.25) is 0 Å². The number of para-hydroxylation sites is 1. The highest BCUT2D eigenvalue weighted by molar-refractivity contribution is 5.20. The van der Waals surface area contributed by atoms with E-state index in [1.165, 1.54) is 0 Å². The number of ether oxygens (including phenoxy) is 1. The summed E-state index contributed by atoms with van der Waals surface area (Å²) >= 11 is 0. The van der Waals surface area contributed by atoms with E-state index >= 15 is 0 Å². The Hall–Kier alpha value is -1.06. The zero-order valence-electron chi connectivity index (χ0n) is 10.1. The molecular formula is C14H21NO2. The average molecular weight is 235 g/mol. The summed E-state index contributed by atoms with van der Waals surface area (Å²) in [4.78, 5) is 0. The van der Waals surface area contributed by atoms with E-state index in [9.17, 15) is 5.11 Å². The molecule has 0 spiro atoms. The van der Waals surface area contributed by atoms with Crippen LogP contribution in [0.15, 0.2) is 30.3 Å². The van der Waals surface area contributed by atoms with Crippen molar-refractivity contribution in [3.05, 3.63) is 30.3 Å². The Kier molecular flexibility index (Phi) is 4.83. The first-order valence-electron chi connectivity index (χ1n) is 6.45. The first kappa shape index (κ1) is 12.4. The summed E-state index contributed by atoms with van der Waals surface area (Å²) in [5, 5.41) is 13.0. The highest BCUT2D eigenvalue weighted by atomic mass is 16.5. The molecule has 0 aliphatic heterocycles. The van der Waals surface area contributed by atoms with E-state index < -0.39 is 0 Å². The molecule has 1 fully saturated rings. The molecule has 0 bridgehead atoms. The minimum absolute atomic E-state index is 0.148. The third-order valence-corrected chi connectivity index (χ3v) is 3.22. The molecule has 0 saturated heterocycles. The molecule has 2 rings (SSSR count). The molecule has 0 radical (unpaired) electrons. The van der Waals surface area contributed by atoms with Crippen LogP contribution in [0.4, 0.5) is 0 Å². The molecule has 1 aromatic carbocycles. The van der Waals surface area contributed by atoms with E-state index in [1.807, 2.05) is 30.3 Å². The van der Waals surface area contributed by atoms with Crippen LogP contribution in [0.1, 0.15) is 25.7 Å². The average Bonchev–Trinajstić information content (AvgIpc) is 2.76. The van der Waals surface area contributed by atoms with Crippen LogP contribution in [-0.2, 0) is 0 Å². The van der Waals surface area contributed by atoms with Gasteiger partial charge in [0, 0.05) is 6.04 Å². The molecule has 3 nitrogen and oxygen atoms in total. The molecule has 1 aliphatic rings. The first-order valence-corrected chi connectivity index (χ1v) is 6.45. The monoisotopic (exact) mass is 235 g/mol. The van der Waals surface area contributed by atoms with Gasteiger partial charge in [0.2, 0.25) is 0 Å². The second kappa shape index (κ2) is 6.62. The fourth-order valence-corrected chi connectivity index (χ4v) is 2.24. The van der Waals surface area contributed by atoms with Crippen molar-refractivity contribution in [1.29, 1.82) is 0 Å². The maximum atomic E-state index is 9.63. The number of hydrogen-bond acceptors (Lipinski definition) is 3. The summed E-state index contributed by atoms with van der Waals surface area (Å²) in [5.41, 5.74) is 0. The predicted molar refractivity (Wildman–Crippen MR) is 68.2 cm³/mol. The standard InChI is InChI=1S/C14H21NO2/c16-14-9-4-8-13(14)15-10-5-11-17-12-6-2-1-3-7-12/h1-3,6-7,13-16H,4-5,8-11H2. The number of benzene rings is 1. The largest absolute Gasteiger partial charge is 0.494 e. The van der Waals surface area contributed by atoms with Gasteiger partial charge in [0.25, 0.3) is 0 Å². The maximum absolute atomic E-state index is 9.63. The van der Waals surface area contributed by atoms with Gasteiger partial charge in [0.1, 0.15) is 5.75 Å². The summed E-state index contributed by atoms with van der Waals surface area (Å²) in [6.45, 7) is 1.63. The van der Waals surface area contributed by atoms with E-state index in [-0.39, 0.29) is 6.10 Å². The van der Waals surface area contributed by atoms with E-state index in [0.717, 1.165) is 44.6 Å². The van der Waals surface area contributed by atoms with Gasteiger partial charge in [0.15, 0.2) is 0 Å². The molecule has 1 aliphatic carbocycles. The van der Waals surface area contributed by atoms with Gasteiger partial charge in [-0.05, 0) is 44.4 Å². The molecule has 0 aromatic heterocycles. The van der Waals surface area contributed by atoms with Crippen molar-refractivity contribution < 1.29 is 9.84 Å². The molecule has 17 heavy (non-hydrogen) atoms. The van der Waals surface area contributed by atoms with Gasteiger partial charge < -0.3 is 15.2 Å². The van der Waals surface area contributed by atoms with Gasteiger partial charge in [0.05, 0.1) is 12.7 Å². The van der Waals surface area contributed by atoms with Gasteiger partial charge in [-0.3, -0.25) is 0 Å². The summed E-state index contributed by atoms with van der Waals surface area (Å²) in [6.07, 6.45) is 4.00. The molecule has 0 heterocycles. The molecule has 94 valence electrons. The van der Waals surface area contributed by atoms with Gasteiger partial charge in [-0.25, -0.2) is 0 Å². The van der Waals surface area contributed by atoms with E-state index in [2.05, 4.69) is 5.32 Å². The molecular weight excluding hydrogens is 214 g/mol. The number of nitrogens with one attached hydrogen (secondary N) is 1.